The topological polar surface area (TPSA) is 58.2 Å². The summed E-state index contributed by atoms with van der Waals surface area (Å²) in [6.45, 7) is 0. The van der Waals surface area contributed by atoms with Gasteiger partial charge in [-0.1, -0.05) is 29.8 Å². The molecule has 2 aromatic rings. The lowest BCUT2D eigenvalue weighted by atomic mass is 10.2. The molecule has 2 amide bonds. The van der Waals surface area contributed by atoms with Crippen molar-refractivity contribution in [2.45, 2.75) is 5.75 Å². The van der Waals surface area contributed by atoms with Crippen LogP contribution in [0.5, 0.6) is 0 Å². The number of hydrogen-bond acceptors (Lipinski definition) is 3. The van der Waals surface area contributed by atoms with Gasteiger partial charge in [0, 0.05) is 16.3 Å². The lowest BCUT2D eigenvalue weighted by Crippen LogP contribution is -2.42. The van der Waals surface area contributed by atoms with Crippen molar-refractivity contribution in [3.05, 3.63) is 70.5 Å². The third kappa shape index (κ3) is 5.58. The zero-order valence-electron chi connectivity index (χ0n) is 12.0. The highest BCUT2D eigenvalue weighted by molar-refractivity contribution is 7.99. The summed E-state index contributed by atoms with van der Waals surface area (Å²) in [5.74, 6) is -0.498. The summed E-state index contributed by atoms with van der Waals surface area (Å²) in [5.41, 5.74) is 5.79. The van der Waals surface area contributed by atoms with E-state index in [-0.39, 0.29) is 17.2 Å². The van der Waals surface area contributed by atoms with E-state index in [0.29, 0.717) is 10.8 Å². The molecule has 0 aliphatic rings. The summed E-state index contributed by atoms with van der Waals surface area (Å²) < 4.78 is 12.8. The Balaban J connectivity index is 1.72. The molecule has 2 rings (SSSR count). The van der Waals surface area contributed by atoms with E-state index in [1.807, 2.05) is 18.2 Å². The van der Waals surface area contributed by atoms with Crippen molar-refractivity contribution >= 4 is 35.2 Å². The first kappa shape index (κ1) is 17.3. The predicted octanol–water partition coefficient (Wildman–Crippen LogP) is 3.17. The monoisotopic (exact) mass is 352 g/mol. The summed E-state index contributed by atoms with van der Waals surface area (Å²) in [5, 5.41) is 0.657. The molecule has 23 heavy (non-hydrogen) atoms. The molecule has 0 heterocycles. The quantitative estimate of drug-likeness (QED) is 0.813. The molecule has 0 aliphatic carbocycles. The van der Waals surface area contributed by atoms with Gasteiger partial charge < -0.3 is 0 Å². The number of thioether (sulfide) groups is 1. The molecule has 0 aromatic heterocycles. The fourth-order valence-corrected chi connectivity index (χ4v) is 2.82. The minimum absolute atomic E-state index is 0.176. The molecule has 0 aliphatic heterocycles. The normalized spacial score (nSPS) is 10.2. The van der Waals surface area contributed by atoms with E-state index in [1.54, 1.807) is 6.07 Å². The Morgan fingerprint density at radius 3 is 2.43 bits per heavy atom. The zero-order chi connectivity index (χ0) is 16.7. The van der Waals surface area contributed by atoms with E-state index in [2.05, 4.69) is 10.9 Å². The highest BCUT2D eigenvalue weighted by Gasteiger charge is 2.08. The van der Waals surface area contributed by atoms with Gasteiger partial charge in [-0.15, -0.1) is 11.8 Å². The van der Waals surface area contributed by atoms with Crippen molar-refractivity contribution in [1.29, 1.82) is 0 Å². The van der Waals surface area contributed by atoms with Crippen molar-refractivity contribution in [3.63, 3.8) is 0 Å². The first-order valence-electron chi connectivity index (χ1n) is 6.72. The molecule has 120 valence electrons. The minimum Gasteiger partial charge on any atom is -0.272 e. The maximum atomic E-state index is 12.8. The third-order valence-corrected chi connectivity index (χ3v) is 4.22. The van der Waals surface area contributed by atoms with Gasteiger partial charge in [0.1, 0.15) is 5.82 Å². The smallest absolute Gasteiger partial charge is 0.269 e. The fourth-order valence-electron chi connectivity index (χ4n) is 1.71. The van der Waals surface area contributed by atoms with Crippen LogP contribution in [0, 0.1) is 5.82 Å². The Morgan fingerprint density at radius 1 is 1.04 bits per heavy atom. The maximum Gasteiger partial charge on any atom is 0.269 e. The molecule has 0 atom stereocenters. The predicted molar refractivity (Wildman–Crippen MR) is 89.6 cm³/mol. The second-order valence-electron chi connectivity index (χ2n) is 4.59. The highest BCUT2D eigenvalue weighted by Crippen LogP contribution is 2.20. The van der Waals surface area contributed by atoms with Gasteiger partial charge in [-0.3, -0.25) is 20.4 Å². The summed E-state index contributed by atoms with van der Waals surface area (Å²) in [6.07, 6.45) is 0. The van der Waals surface area contributed by atoms with Gasteiger partial charge >= 0.3 is 0 Å². The SMILES string of the molecule is O=C(CSCc1ccccc1Cl)NNC(=O)c1ccc(F)cc1. The molecule has 0 unspecified atom stereocenters. The average Bonchev–Trinajstić information content (AvgIpc) is 2.55. The van der Waals surface area contributed by atoms with Crippen molar-refractivity contribution in [3.8, 4) is 0 Å². The Hall–Kier alpha value is -2.05. The number of amides is 2. The number of rotatable bonds is 5. The third-order valence-electron chi connectivity index (χ3n) is 2.87. The molecule has 0 bridgehead atoms. The van der Waals surface area contributed by atoms with E-state index in [4.69, 9.17) is 11.6 Å². The van der Waals surface area contributed by atoms with E-state index in [1.165, 1.54) is 36.0 Å². The average molecular weight is 353 g/mol. The van der Waals surface area contributed by atoms with Gasteiger partial charge in [0.15, 0.2) is 0 Å². The van der Waals surface area contributed by atoms with Crippen LogP contribution in [0.25, 0.3) is 0 Å². The Bertz CT molecular complexity index is 695. The molecule has 2 N–H and O–H groups in total. The second kappa shape index (κ2) is 8.55. The molecule has 0 spiro atoms. The number of hydrogen-bond donors (Lipinski definition) is 2. The standard InChI is InChI=1S/C16H14ClFN2O2S/c17-14-4-2-1-3-12(14)9-23-10-15(21)19-20-16(22)11-5-7-13(18)8-6-11/h1-8H,9-10H2,(H,19,21)(H,20,22). The zero-order valence-corrected chi connectivity index (χ0v) is 13.6. The van der Waals surface area contributed by atoms with Gasteiger partial charge in [-0.2, -0.15) is 0 Å². The van der Waals surface area contributed by atoms with E-state index in [0.717, 1.165) is 5.56 Å². The van der Waals surface area contributed by atoms with Crippen LogP contribution in [0.1, 0.15) is 15.9 Å². The lowest BCUT2D eigenvalue weighted by Gasteiger charge is -2.08. The van der Waals surface area contributed by atoms with Crippen molar-refractivity contribution < 1.29 is 14.0 Å². The van der Waals surface area contributed by atoms with Crippen molar-refractivity contribution in [2.24, 2.45) is 0 Å². The van der Waals surface area contributed by atoms with Gasteiger partial charge in [0.2, 0.25) is 5.91 Å². The largest absolute Gasteiger partial charge is 0.272 e. The number of benzene rings is 2. The summed E-state index contributed by atoms with van der Waals surface area (Å²) in [4.78, 5) is 23.4. The Morgan fingerprint density at radius 2 is 1.74 bits per heavy atom. The minimum atomic E-state index is -0.505. The van der Waals surface area contributed by atoms with E-state index in [9.17, 15) is 14.0 Å². The molecular weight excluding hydrogens is 339 g/mol. The number of nitrogens with one attached hydrogen (secondary N) is 2. The highest BCUT2D eigenvalue weighted by atomic mass is 35.5. The van der Waals surface area contributed by atoms with Crippen LogP contribution in [0.15, 0.2) is 48.5 Å². The first-order valence-corrected chi connectivity index (χ1v) is 8.25. The van der Waals surface area contributed by atoms with E-state index >= 15 is 0 Å². The van der Waals surface area contributed by atoms with Gasteiger partial charge in [0.05, 0.1) is 5.75 Å². The van der Waals surface area contributed by atoms with Gasteiger partial charge in [-0.05, 0) is 35.9 Å². The molecule has 0 saturated heterocycles. The molecule has 0 saturated carbocycles. The van der Waals surface area contributed by atoms with Crippen LogP contribution in [-0.4, -0.2) is 17.6 Å². The number of carbonyl (C=O) groups is 2. The summed E-state index contributed by atoms with van der Waals surface area (Å²) >= 11 is 7.40. The van der Waals surface area contributed by atoms with Crippen molar-refractivity contribution in [1.82, 2.24) is 10.9 Å². The van der Waals surface area contributed by atoms with Crippen LogP contribution in [0.3, 0.4) is 0 Å². The Kier molecular flexibility index (Phi) is 6.43. The number of hydrazine groups is 1. The fraction of sp³-hybridized carbons (Fsp3) is 0.125. The van der Waals surface area contributed by atoms with Crippen LogP contribution < -0.4 is 10.9 Å². The second-order valence-corrected chi connectivity index (χ2v) is 5.99. The molecule has 0 fully saturated rings. The molecule has 7 heteroatoms. The summed E-state index contributed by atoms with van der Waals surface area (Å²) in [7, 11) is 0. The van der Waals surface area contributed by atoms with E-state index < -0.39 is 11.7 Å². The first-order chi connectivity index (χ1) is 11.1. The molecule has 2 aromatic carbocycles. The number of carbonyl (C=O) groups excluding carboxylic acids is 2. The van der Waals surface area contributed by atoms with Crippen LogP contribution >= 0.6 is 23.4 Å². The molecule has 0 radical (unpaired) electrons. The number of halogens is 2. The molecule has 4 nitrogen and oxygen atoms in total. The van der Waals surface area contributed by atoms with Crippen LogP contribution in [0.2, 0.25) is 5.02 Å². The maximum absolute atomic E-state index is 12.8. The van der Waals surface area contributed by atoms with Crippen LogP contribution in [-0.2, 0) is 10.5 Å². The Labute approximate surface area is 142 Å². The van der Waals surface area contributed by atoms with Crippen molar-refractivity contribution in [2.75, 3.05) is 5.75 Å². The van der Waals surface area contributed by atoms with Gasteiger partial charge in [-0.25, -0.2) is 4.39 Å². The summed E-state index contributed by atoms with van der Waals surface area (Å²) in [6, 6.07) is 12.4. The van der Waals surface area contributed by atoms with Crippen LogP contribution in [0.4, 0.5) is 4.39 Å². The lowest BCUT2D eigenvalue weighted by molar-refractivity contribution is -0.119. The molecular formula is C16H14ClFN2O2S. The van der Waals surface area contributed by atoms with Gasteiger partial charge in [0.25, 0.3) is 5.91 Å².